The van der Waals surface area contributed by atoms with Crippen molar-refractivity contribution in [1.29, 1.82) is 0 Å². The predicted molar refractivity (Wildman–Crippen MR) is 66.4 cm³/mol. The van der Waals surface area contributed by atoms with E-state index in [4.69, 9.17) is 17.2 Å². The number of rotatable bonds is 3. The van der Waals surface area contributed by atoms with Gasteiger partial charge in [0.2, 0.25) is 17.7 Å². The second-order valence-electron chi connectivity index (χ2n) is 3.01. The number of thiol groups is 1. The van der Waals surface area contributed by atoms with Crippen molar-refractivity contribution in [2.75, 3.05) is 0 Å². The van der Waals surface area contributed by atoms with Gasteiger partial charge < -0.3 is 17.2 Å². The Morgan fingerprint density at radius 2 is 1.24 bits per heavy atom. The van der Waals surface area contributed by atoms with Crippen LogP contribution in [0.15, 0.2) is 17.0 Å². The van der Waals surface area contributed by atoms with E-state index < -0.39 is 17.7 Å². The number of carbonyl (C=O) groups excluding carboxylic acids is 3. The minimum atomic E-state index is -0.824. The molecule has 0 saturated heterocycles. The van der Waals surface area contributed by atoms with Crippen LogP contribution in [0.1, 0.15) is 31.1 Å². The van der Waals surface area contributed by atoms with Gasteiger partial charge in [-0.15, -0.1) is 12.6 Å². The van der Waals surface area contributed by atoms with Crippen molar-refractivity contribution in [3.63, 3.8) is 0 Å². The van der Waals surface area contributed by atoms with Crippen LogP contribution < -0.4 is 17.2 Å². The first kappa shape index (κ1) is 16.0. The first-order valence-electron chi connectivity index (χ1n) is 4.11. The molecule has 0 atom stereocenters. The Labute approximate surface area is 125 Å². The Kier molecular flexibility index (Phi) is 5.70. The third kappa shape index (κ3) is 3.47. The SMILES string of the molecule is NC(=O)c1cc(C(N)=O)c(S)c(C(N)=O)c1.[NaH]. The Balaban J connectivity index is 0.00000256. The summed E-state index contributed by atoms with van der Waals surface area (Å²) in [5.74, 6) is -2.44. The van der Waals surface area contributed by atoms with Crippen molar-refractivity contribution >= 4 is 59.9 Å². The van der Waals surface area contributed by atoms with E-state index in [2.05, 4.69) is 12.6 Å². The molecule has 0 bridgehead atoms. The number of hydrogen-bond donors (Lipinski definition) is 4. The third-order valence-corrected chi connectivity index (χ3v) is 2.41. The fraction of sp³-hybridized carbons (Fsp3) is 0. The zero-order chi connectivity index (χ0) is 12.5. The number of amides is 3. The molecule has 0 spiro atoms. The molecular weight excluding hydrogens is 253 g/mol. The third-order valence-electron chi connectivity index (χ3n) is 1.93. The monoisotopic (exact) mass is 263 g/mol. The van der Waals surface area contributed by atoms with Gasteiger partial charge in [-0.3, -0.25) is 14.4 Å². The first-order valence-corrected chi connectivity index (χ1v) is 4.55. The Bertz CT molecular complexity index is 469. The predicted octanol–water partition coefficient (Wildman–Crippen LogP) is -1.38. The van der Waals surface area contributed by atoms with E-state index in [0.717, 1.165) is 0 Å². The van der Waals surface area contributed by atoms with Crippen molar-refractivity contribution in [2.24, 2.45) is 17.2 Å². The molecule has 0 aliphatic carbocycles. The van der Waals surface area contributed by atoms with Crippen LogP contribution in [0.2, 0.25) is 0 Å². The molecule has 0 fully saturated rings. The summed E-state index contributed by atoms with van der Waals surface area (Å²) in [7, 11) is 0. The number of primary amides is 3. The van der Waals surface area contributed by atoms with Crippen LogP contribution in [0.25, 0.3) is 0 Å². The second-order valence-corrected chi connectivity index (χ2v) is 3.46. The Morgan fingerprint density at radius 3 is 1.47 bits per heavy atom. The second kappa shape index (κ2) is 6.06. The number of benzene rings is 1. The van der Waals surface area contributed by atoms with Crippen LogP contribution >= 0.6 is 12.6 Å². The number of hydrogen-bond acceptors (Lipinski definition) is 4. The Morgan fingerprint density at radius 1 is 0.882 bits per heavy atom. The molecule has 0 aromatic heterocycles. The van der Waals surface area contributed by atoms with Crippen LogP contribution in [0.5, 0.6) is 0 Å². The number of carbonyl (C=O) groups is 3. The standard InChI is InChI=1S/C9H9N3O3S.Na.H/c10-7(13)3-1-4(8(11)14)6(16)5(2-3)9(12)15;;/h1-2,16H,(H2,10,13)(H2,11,14)(H2,12,15);;. The van der Waals surface area contributed by atoms with Gasteiger partial charge in [0, 0.05) is 10.5 Å². The Hall–Kier alpha value is -1.02. The van der Waals surface area contributed by atoms with Gasteiger partial charge in [-0.25, -0.2) is 0 Å². The van der Waals surface area contributed by atoms with E-state index >= 15 is 0 Å². The molecular formula is C9H10N3NaO3S. The molecule has 6 N–H and O–H groups in total. The van der Waals surface area contributed by atoms with Crippen LogP contribution in [0.3, 0.4) is 0 Å². The van der Waals surface area contributed by atoms with Crippen molar-refractivity contribution in [2.45, 2.75) is 4.90 Å². The summed E-state index contributed by atoms with van der Waals surface area (Å²) in [6.07, 6.45) is 0. The molecule has 1 aromatic carbocycles. The maximum absolute atomic E-state index is 11.0. The van der Waals surface area contributed by atoms with Crippen molar-refractivity contribution in [3.05, 3.63) is 28.8 Å². The maximum atomic E-state index is 11.0. The van der Waals surface area contributed by atoms with E-state index in [1.807, 2.05) is 0 Å². The summed E-state index contributed by atoms with van der Waals surface area (Å²) in [6.45, 7) is 0. The minimum absolute atomic E-state index is 0. The van der Waals surface area contributed by atoms with Crippen molar-refractivity contribution in [3.8, 4) is 0 Å². The summed E-state index contributed by atoms with van der Waals surface area (Å²) >= 11 is 3.95. The van der Waals surface area contributed by atoms with Crippen LogP contribution in [-0.2, 0) is 0 Å². The van der Waals surface area contributed by atoms with Gasteiger partial charge in [0.15, 0.2) is 0 Å². The van der Waals surface area contributed by atoms with Crippen molar-refractivity contribution < 1.29 is 14.4 Å². The molecule has 6 nitrogen and oxygen atoms in total. The molecule has 1 rings (SSSR count). The van der Waals surface area contributed by atoms with Crippen molar-refractivity contribution in [1.82, 2.24) is 0 Å². The van der Waals surface area contributed by atoms with E-state index in [1.165, 1.54) is 12.1 Å². The molecule has 0 radical (unpaired) electrons. The quantitative estimate of drug-likeness (QED) is 0.396. The molecule has 0 unspecified atom stereocenters. The molecule has 86 valence electrons. The van der Waals surface area contributed by atoms with E-state index in [-0.39, 0.29) is 51.1 Å². The van der Waals surface area contributed by atoms with E-state index in [1.54, 1.807) is 0 Å². The average Bonchev–Trinajstić information content (AvgIpc) is 2.16. The molecule has 0 saturated carbocycles. The molecule has 17 heavy (non-hydrogen) atoms. The molecule has 3 amide bonds. The topological polar surface area (TPSA) is 129 Å². The van der Waals surface area contributed by atoms with Crippen LogP contribution in [-0.4, -0.2) is 47.3 Å². The van der Waals surface area contributed by atoms with Gasteiger partial charge in [0.05, 0.1) is 11.1 Å². The van der Waals surface area contributed by atoms with Gasteiger partial charge in [0.1, 0.15) is 0 Å². The molecule has 1 aromatic rings. The van der Waals surface area contributed by atoms with Gasteiger partial charge in [-0.05, 0) is 12.1 Å². The van der Waals surface area contributed by atoms with Gasteiger partial charge in [0.25, 0.3) is 0 Å². The normalized spacial score (nSPS) is 9.24. The molecule has 8 heteroatoms. The fourth-order valence-corrected chi connectivity index (χ4v) is 1.50. The van der Waals surface area contributed by atoms with Gasteiger partial charge in [-0.2, -0.15) is 0 Å². The van der Waals surface area contributed by atoms with Crippen LogP contribution in [0, 0.1) is 0 Å². The van der Waals surface area contributed by atoms with E-state index in [0.29, 0.717) is 0 Å². The van der Waals surface area contributed by atoms with E-state index in [9.17, 15) is 14.4 Å². The number of nitrogens with two attached hydrogens (primary N) is 3. The van der Waals surface area contributed by atoms with Gasteiger partial charge >= 0.3 is 29.6 Å². The molecule has 0 aliphatic rings. The summed E-state index contributed by atoms with van der Waals surface area (Å²) < 4.78 is 0. The first-order chi connectivity index (χ1) is 7.34. The zero-order valence-electron chi connectivity index (χ0n) is 8.06. The average molecular weight is 263 g/mol. The molecule has 0 aliphatic heterocycles. The summed E-state index contributed by atoms with van der Waals surface area (Å²) in [4.78, 5) is 33.1. The molecule has 0 heterocycles. The van der Waals surface area contributed by atoms with Crippen LogP contribution in [0.4, 0.5) is 0 Å². The fourth-order valence-electron chi connectivity index (χ4n) is 1.15. The summed E-state index contributed by atoms with van der Waals surface area (Å²) in [5.41, 5.74) is 15.0. The summed E-state index contributed by atoms with van der Waals surface area (Å²) in [5, 5.41) is 0. The summed E-state index contributed by atoms with van der Waals surface area (Å²) in [6, 6.07) is 2.33. The zero-order valence-corrected chi connectivity index (χ0v) is 8.95. The van der Waals surface area contributed by atoms with Gasteiger partial charge in [-0.1, -0.05) is 0 Å².